The molecular weight excluding hydrogens is 292 g/mol. The van der Waals surface area contributed by atoms with Gasteiger partial charge in [-0.2, -0.15) is 17.0 Å². The molecule has 0 spiro atoms. The second-order valence-electron chi connectivity index (χ2n) is 4.96. The van der Waals surface area contributed by atoms with Crippen LogP contribution >= 0.6 is 0 Å². The number of fused-ring (bicyclic) bond motifs is 1. The van der Waals surface area contributed by atoms with Crippen LogP contribution in [0.2, 0.25) is 0 Å². The highest BCUT2D eigenvalue weighted by Crippen LogP contribution is 2.27. The van der Waals surface area contributed by atoms with Crippen LogP contribution in [0.5, 0.6) is 0 Å². The van der Waals surface area contributed by atoms with Crippen LogP contribution in [0.3, 0.4) is 0 Å². The van der Waals surface area contributed by atoms with Gasteiger partial charge >= 0.3 is 5.97 Å². The van der Waals surface area contributed by atoms with Crippen LogP contribution in [0.1, 0.15) is 25.0 Å². The molecule has 1 aliphatic heterocycles. The van der Waals surface area contributed by atoms with E-state index in [-0.39, 0.29) is 13.0 Å². The zero-order chi connectivity index (χ0) is 15.6. The Balaban J connectivity index is 2.44. The molecule has 1 aromatic carbocycles. The molecule has 1 heterocycles. The smallest absolute Gasteiger partial charge is 0.322 e. The molecule has 0 saturated heterocycles. The lowest BCUT2D eigenvalue weighted by Gasteiger charge is -2.36. The first-order chi connectivity index (χ1) is 9.91. The number of carbonyl (C=O) groups is 1. The van der Waals surface area contributed by atoms with E-state index >= 15 is 0 Å². The van der Waals surface area contributed by atoms with Gasteiger partial charge in [-0.15, -0.1) is 0 Å². The quantitative estimate of drug-likeness (QED) is 0.882. The number of hydrogen-bond donors (Lipinski definition) is 1. The van der Waals surface area contributed by atoms with Crippen molar-refractivity contribution in [1.29, 1.82) is 0 Å². The summed E-state index contributed by atoms with van der Waals surface area (Å²) in [6.45, 7) is 4.24. The second kappa shape index (κ2) is 6.13. The van der Waals surface area contributed by atoms with Crippen LogP contribution in [-0.2, 0) is 28.0 Å². The molecular formula is C14H20N2O4S. The molecule has 116 valence electrons. The average Bonchev–Trinajstić information content (AvgIpc) is 2.46. The number of rotatable bonds is 5. The molecule has 1 N–H and O–H groups in total. The molecule has 1 aromatic rings. The van der Waals surface area contributed by atoms with Crippen molar-refractivity contribution in [3.63, 3.8) is 0 Å². The van der Waals surface area contributed by atoms with Crippen LogP contribution in [0.15, 0.2) is 24.3 Å². The fourth-order valence-electron chi connectivity index (χ4n) is 2.65. The molecule has 2 rings (SSSR count). The molecule has 0 bridgehead atoms. The Hall–Kier alpha value is -1.44. The minimum Gasteiger partial charge on any atom is -0.480 e. The number of carboxylic acid groups (broad SMARTS) is 1. The second-order valence-corrected chi connectivity index (χ2v) is 6.85. The van der Waals surface area contributed by atoms with Gasteiger partial charge in [0, 0.05) is 26.1 Å². The Labute approximate surface area is 125 Å². The first-order valence-electron chi connectivity index (χ1n) is 6.98. The number of benzene rings is 1. The number of aliphatic carboxylic acids is 1. The predicted molar refractivity (Wildman–Crippen MR) is 79.0 cm³/mol. The SMILES string of the molecule is CCN(CC)S(=O)(=O)N1Cc2ccccc2CC1C(=O)O. The highest BCUT2D eigenvalue weighted by atomic mass is 32.2. The van der Waals surface area contributed by atoms with E-state index in [0.29, 0.717) is 13.1 Å². The zero-order valence-electron chi connectivity index (χ0n) is 12.2. The average molecular weight is 312 g/mol. The van der Waals surface area contributed by atoms with Crippen molar-refractivity contribution in [2.24, 2.45) is 0 Å². The summed E-state index contributed by atoms with van der Waals surface area (Å²) in [6, 6.07) is 6.32. The van der Waals surface area contributed by atoms with Gasteiger partial charge in [-0.05, 0) is 11.1 Å². The van der Waals surface area contributed by atoms with E-state index in [1.807, 2.05) is 24.3 Å². The third kappa shape index (κ3) is 2.95. The number of hydrogen-bond acceptors (Lipinski definition) is 3. The minimum absolute atomic E-state index is 0.103. The molecule has 7 heteroatoms. The van der Waals surface area contributed by atoms with E-state index in [2.05, 4.69) is 0 Å². The summed E-state index contributed by atoms with van der Waals surface area (Å²) in [4.78, 5) is 11.5. The molecule has 0 aromatic heterocycles. The van der Waals surface area contributed by atoms with Crippen molar-refractivity contribution in [2.75, 3.05) is 13.1 Å². The maximum atomic E-state index is 12.7. The van der Waals surface area contributed by atoms with E-state index in [1.165, 1.54) is 4.31 Å². The molecule has 1 atom stereocenters. The van der Waals surface area contributed by atoms with Crippen molar-refractivity contribution in [3.8, 4) is 0 Å². The van der Waals surface area contributed by atoms with Gasteiger partial charge in [0.1, 0.15) is 6.04 Å². The monoisotopic (exact) mass is 312 g/mol. The first-order valence-corrected chi connectivity index (χ1v) is 8.38. The molecule has 0 radical (unpaired) electrons. The number of nitrogens with zero attached hydrogens (tertiary/aromatic N) is 2. The van der Waals surface area contributed by atoms with Crippen molar-refractivity contribution in [1.82, 2.24) is 8.61 Å². The first kappa shape index (κ1) is 15.9. The highest BCUT2D eigenvalue weighted by Gasteiger charge is 2.40. The number of carboxylic acids is 1. The van der Waals surface area contributed by atoms with Gasteiger partial charge in [-0.3, -0.25) is 4.79 Å². The summed E-state index contributed by atoms with van der Waals surface area (Å²) in [5, 5.41) is 9.40. The van der Waals surface area contributed by atoms with E-state index in [4.69, 9.17) is 0 Å². The van der Waals surface area contributed by atoms with Crippen molar-refractivity contribution >= 4 is 16.2 Å². The molecule has 0 fully saturated rings. The fourth-order valence-corrected chi connectivity index (χ4v) is 4.39. The van der Waals surface area contributed by atoms with Crippen molar-refractivity contribution in [3.05, 3.63) is 35.4 Å². The standard InChI is InChI=1S/C14H20N2O4S/c1-3-15(4-2)21(19,20)16-10-12-8-6-5-7-11(12)9-13(16)14(17)18/h5-8,13H,3-4,9-10H2,1-2H3,(H,17,18). The normalized spacial score (nSPS) is 19.5. The van der Waals surface area contributed by atoms with E-state index < -0.39 is 22.2 Å². The molecule has 1 aliphatic rings. The van der Waals surface area contributed by atoms with Gasteiger partial charge in [0.25, 0.3) is 10.2 Å². The van der Waals surface area contributed by atoms with Gasteiger partial charge in [0.15, 0.2) is 0 Å². The fraction of sp³-hybridized carbons (Fsp3) is 0.500. The summed E-state index contributed by atoms with van der Waals surface area (Å²) in [7, 11) is -3.78. The molecule has 6 nitrogen and oxygen atoms in total. The van der Waals surface area contributed by atoms with Crippen LogP contribution in [0.25, 0.3) is 0 Å². The van der Waals surface area contributed by atoms with Crippen LogP contribution in [0.4, 0.5) is 0 Å². The van der Waals surface area contributed by atoms with Crippen LogP contribution < -0.4 is 0 Å². The predicted octanol–water partition coefficient (Wildman–Crippen LogP) is 1.08. The highest BCUT2D eigenvalue weighted by molar-refractivity contribution is 7.86. The lowest BCUT2D eigenvalue weighted by molar-refractivity contribution is -0.142. The molecule has 0 amide bonds. The van der Waals surface area contributed by atoms with Crippen LogP contribution in [0, 0.1) is 0 Å². The van der Waals surface area contributed by atoms with E-state index in [0.717, 1.165) is 15.4 Å². The maximum Gasteiger partial charge on any atom is 0.322 e. The molecule has 0 aliphatic carbocycles. The Morgan fingerprint density at radius 2 is 1.86 bits per heavy atom. The third-order valence-electron chi connectivity index (χ3n) is 3.82. The summed E-state index contributed by atoms with van der Waals surface area (Å²) >= 11 is 0. The van der Waals surface area contributed by atoms with Gasteiger partial charge < -0.3 is 5.11 Å². The Morgan fingerprint density at radius 1 is 1.29 bits per heavy atom. The zero-order valence-corrected chi connectivity index (χ0v) is 13.0. The van der Waals surface area contributed by atoms with Gasteiger partial charge in [0.2, 0.25) is 0 Å². The topological polar surface area (TPSA) is 77.9 Å². The Morgan fingerprint density at radius 3 is 2.38 bits per heavy atom. The van der Waals surface area contributed by atoms with Crippen LogP contribution in [-0.4, -0.2) is 47.2 Å². The lowest BCUT2D eigenvalue weighted by atomic mass is 9.96. The summed E-state index contributed by atoms with van der Waals surface area (Å²) in [5.74, 6) is -1.11. The Bertz CT molecular complexity index is 626. The van der Waals surface area contributed by atoms with Gasteiger partial charge in [0.05, 0.1) is 0 Å². The van der Waals surface area contributed by atoms with Gasteiger partial charge in [-0.25, -0.2) is 0 Å². The van der Waals surface area contributed by atoms with E-state index in [1.54, 1.807) is 13.8 Å². The van der Waals surface area contributed by atoms with Crippen molar-refractivity contribution in [2.45, 2.75) is 32.9 Å². The minimum atomic E-state index is -3.78. The van der Waals surface area contributed by atoms with Crippen molar-refractivity contribution < 1.29 is 18.3 Å². The lowest BCUT2D eigenvalue weighted by Crippen LogP contribution is -2.53. The summed E-state index contributed by atoms with van der Waals surface area (Å²) < 4.78 is 27.7. The summed E-state index contributed by atoms with van der Waals surface area (Å²) in [6.07, 6.45) is 0.200. The van der Waals surface area contributed by atoms with Gasteiger partial charge in [-0.1, -0.05) is 38.1 Å². The molecule has 1 unspecified atom stereocenters. The summed E-state index contributed by atoms with van der Waals surface area (Å²) in [5.41, 5.74) is 1.77. The third-order valence-corrected chi connectivity index (χ3v) is 5.96. The maximum absolute atomic E-state index is 12.7. The molecule has 21 heavy (non-hydrogen) atoms. The molecule has 0 saturated carbocycles. The largest absolute Gasteiger partial charge is 0.480 e. The van der Waals surface area contributed by atoms with E-state index in [9.17, 15) is 18.3 Å². The Kier molecular flexibility index (Phi) is 4.65.